The van der Waals surface area contributed by atoms with Crippen molar-refractivity contribution in [2.75, 3.05) is 6.54 Å². The van der Waals surface area contributed by atoms with E-state index in [-0.39, 0.29) is 5.82 Å². The van der Waals surface area contributed by atoms with Crippen LogP contribution in [-0.4, -0.2) is 6.54 Å². The Morgan fingerprint density at radius 3 is 2.78 bits per heavy atom. The number of hydrogen-bond donors (Lipinski definition) is 1. The van der Waals surface area contributed by atoms with Crippen LogP contribution in [0, 0.1) is 16.5 Å². The number of nitrogens with one attached hydrogen (secondary N) is 1. The second kappa shape index (κ2) is 6.33. The fraction of sp³-hybridized carbons (Fsp3) is 0.286. The smallest absolute Gasteiger partial charge is 0.164 e. The van der Waals surface area contributed by atoms with Gasteiger partial charge in [0.2, 0.25) is 0 Å². The van der Waals surface area contributed by atoms with Crippen LogP contribution in [-0.2, 0) is 13.0 Å². The van der Waals surface area contributed by atoms with Gasteiger partial charge < -0.3 is 9.73 Å². The molecule has 2 nitrogen and oxygen atoms in total. The van der Waals surface area contributed by atoms with Gasteiger partial charge in [-0.3, -0.25) is 0 Å². The van der Waals surface area contributed by atoms with Crippen molar-refractivity contribution in [3.05, 3.63) is 56.8 Å². The summed E-state index contributed by atoms with van der Waals surface area (Å²) in [5.41, 5.74) is 2.18. The second-order valence-electron chi connectivity index (χ2n) is 4.20. The molecule has 0 aliphatic rings. The highest BCUT2D eigenvalue weighted by Crippen LogP contribution is 2.11. The largest absolute Gasteiger partial charge is 0.454 e. The van der Waals surface area contributed by atoms with E-state index >= 15 is 0 Å². The molecule has 1 aromatic carbocycles. The first-order chi connectivity index (χ1) is 8.65. The van der Waals surface area contributed by atoms with Crippen LogP contribution in [0.3, 0.4) is 0 Å². The normalized spacial score (nSPS) is 10.8. The third kappa shape index (κ3) is 3.81. The van der Waals surface area contributed by atoms with Gasteiger partial charge in [0.05, 0.1) is 6.54 Å². The highest BCUT2D eigenvalue weighted by atomic mass is 127. The molecule has 0 fully saturated rings. The maximum absolute atomic E-state index is 12.9. The van der Waals surface area contributed by atoms with E-state index in [1.807, 2.05) is 25.1 Å². The Hall–Kier alpha value is -0.880. The van der Waals surface area contributed by atoms with Gasteiger partial charge in [0.1, 0.15) is 11.6 Å². The summed E-state index contributed by atoms with van der Waals surface area (Å²) in [6, 6.07) is 8.85. The molecule has 1 heterocycles. The fourth-order valence-corrected chi connectivity index (χ4v) is 2.28. The lowest BCUT2D eigenvalue weighted by molar-refractivity contribution is 0.464. The minimum absolute atomic E-state index is 0.172. The van der Waals surface area contributed by atoms with Crippen molar-refractivity contribution >= 4 is 22.6 Å². The Morgan fingerprint density at radius 2 is 2.11 bits per heavy atom. The molecular weight excluding hydrogens is 344 g/mol. The van der Waals surface area contributed by atoms with Gasteiger partial charge in [-0.25, -0.2) is 4.39 Å². The fourth-order valence-electron chi connectivity index (χ4n) is 1.82. The summed E-state index contributed by atoms with van der Waals surface area (Å²) in [5.74, 6) is 0.768. The Labute approximate surface area is 120 Å². The molecule has 0 radical (unpaired) electrons. The summed E-state index contributed by atoms with van der Waals surface area (Å²) in [7, 11) is 0. The maximum Gasteiger partial charge on any atom is 0.164 e. The molecule has 0 aliphatic carbocycles. The number of benzene rings is 1. The van der Waals surface area contributed by atoms with Crippen LogP contribution >= 0.6 is 22.6 Å². The monoisotopic (exact) mass is 359 g/mol. The zero-order chi connectivity index (χ0) is 13.0. The first kappa shape index (κ1) is 13.5. The molecule has 0 amide bonds. The molecule has 0 atom stereocenters. The van der Waals surface area contributed by atoms with Crippen LogP contribution in [0.2, 0.25) is 0 Å². The van der Waals surface area contributed by atoms with Gasteiger partial charge in [0.15, 0.2) is 3.77 Å². The summed E-state index contributed by atoms with van der Waals surface area (Å²) in [6.07, 6.45) is 0.893. The zero-order valence-electron chi connectivity index (χ0n) is 10.2. The molecule has 4 heteroatoms. The molecule has 0 unspecified atom stereocenters. The van der Waals surface area contributed by atoms with Gasteiger partial charge in [0.25, 0.3) is 0 Å². The average molecular weight is 359 g/mol. The standard InChI is InChI=1S/C14H15FINO/c1-10-8-12(15)3-2-11(10)6-7-17-9-13-4-5-14(16)18-13/h2-5,8,17H,6-7,9H2,1H3. The third-order valence-corrected chi connectivity index (χ3v) is 3.38. The van der Waals surface area contributed by atoms with Crippen molar-refractivity contribution < 1.29 is 8.81 Å². The highest BCUT2D eigenvalue weighted by molar-refractivity contribution is 14.1. The molecule has 0 spiro atoms. The van der Waals surface area contributed by atoms with Gasteiger partial charge in [0, 0.05) is 0 Å². The van der Waals surface area contributed by atoms with Crippen LogP contribution in [0.5, 0.6) is 0 Å². The van der Waals surface area contributed by atoms with E-state index in [0.29, 0.717) is 0 Å². The quantitative estimate of drug-likeness (QED) is 0.651. The molecular formula is C14H15FINO. The lowest BCUT2D eigenvalue weighted by atomic mass is 10.1. The lowest BCUT2D eigenvalue weighted by Crippen LogP contribution is -2.16. The van der Waals surface area contributed by atoms with E-state index in [2.05, 4.69) is 27.9 Å². The Kier molecular flexibility index (Phi) is 4.77. The second-order valence-corrected chi connectivity index (χ2v) is 5.27. The van der Waals surface area contributed by atoms with Crippen LogP contribution in [0.15, 0.2) is 34.7 Å². The molecule has 1 N–H and O–H groups in total. The minimum atomic E-state index is -0.172. The molecule has 0 saturated heterocycles. The summed E-state index contributed by atoms with van der Waals surface area (Å²) in [6.45, 7) is 3.51. The molecule has 18 heavy (non-hydrogen) atoms. The minimum Gasteiger partial charge on any atom is -0.454 e. The van der Waals surface area contributed by atoms with E-state index < -0.39 is 0 Å². The van der Waals surface area contributed by atoms with Crippen molar-refractivity contribution in [1.29, 1.82) is 0 Å². The molecule has 2 aromatic rings. The zero-order valence-corrected chi connectivity index (χ0v) is 12.3. The van der Waals surface area contributed by atoms with Crippen molar-refractivity contribution in [3.63, 3.8) is 0 Å². The topological polar surface area (TPSA) is 25.2 Å². The van der Waals surface area contributed by atoms with Crippen LogP contribution in [0.1, 0.15) is 16.9 Å². The predicted molar refractivity (Wildman–Crippen MR) is 78.0 cm³/mol. The molecule has 96 valence electrons. The summed E-state index contributed by atoms with van der Waals surface area (Å²) in [4.78, 5) is 0. The van der Waals surface area contributed by atoms with E-state index in [1.165, 1.54) is 11.6 Å². The molecule has 2 rings (SSSR count). The van der Waals surface area contributed by atoms with Gasteiger partial charge >= 0.3 is 0 Å². The van der Waals surface area contributed by atoms with Gasteiger partial charge in [-0.15, -0.1) is 0 Å². The predicted octanol–water partition coefficient (Wildman–Crippen LogP) is 3.66. The van der Waals surface area contributed by atoms with Crippen LogP contribution in [0.4, 0.5) is 4.39 Å². The Morgan fingerprint density at radius 1 is 1.28 bits per heavy atom. The first-order valence-electron chi connectivity index (χ1n) is 5.85. The SMILES string of the molecule is Cc1cc(F)ccc1CCNCc1ccc(I)o1. The van der Waals surface area contributed by atoms with Gasteiger partial charge in [-0.1, -0.05) is 6.07 Å². The van der Waals surface area contributed by atoms with Crippen LogP contribution in [0.25, 0.3) is 0 Å². The Balaban J connectivity index is 1.78. The number of halogens is 2. The number of furan rings is 1. The molecule has 0 aliphatic heterocycles. The molecule has 0 bridgehead atoms. The van der Waals surface area contributed by atoms with Crippen molar-refractivity contribution in [1.82, 2.24) is 5.32 Å². The average Bonchev–Trinajstić information content (AvgIpc) is 2.73. The van der Waals surface area contributed by atoms with E-state index in [9.17, 15) is 4.39 Å². The number of hydrogen-bond acceptors (Lipinski definition) is 2. The van der Waals surface area contributed by atoms with Crippen molar-refractivity contribution in [2.45, 2.75) is 19.9 Å². The first-order valence-corrected chi connectivity index (χ1v) is 6.93. The lowest BCUT2D eigenvalue weighted by Gasteiger charge is -2.06. The van der Waals surface area contributed by atoms with E-state index in [4.69, 9.17) is 4.42 Å². The summed E-state index contributed by atoms with van der Waals surface area (Å²) in [5, 5.41) is 3.31. The summed E-state index contributed by atoms with van der Waals surface area (Å²) < 4.78 is 19.3. The highest BCUT2D eigenvalue weighted by Gasteiger charge is 2.01. The van der Waals surface area contributed by atoms with E-state index in [1.54, 1.807) is 6.07 Å². The van der Waals surface area contributed by atoms with Gasteiger partial charge in [-0.05, 0) is 77.9 Å². The summed E-state index contributed by atoms with van der Waals surface area (Å²) >= 11 is 2.15. The van der Waals surface area contributed by atoms with Crippen molar-refractivity contribution in [2.24, 2.45) is 0 Å². The van der Waals surface area contributed by atoms with Gasteiger partial charge in [-0.2, -0.15) is 0 Å². The number of rotatable bonds is 5. The number of aryl methyl sites for hydroxylation is 1. The Bertz CT molecular complexity index is 524. The third-order valence-electron chi connectivity index (χ3n) is 2.80. The molecule has 0 saturated carbocycles. The van der Waals surface area contributed by atoms with Crippen LogP contribution < -0.4 is 5.32 Å². The maximum atomic E-state index is 12.9. The molecule has 1 aromatic heterocycles. The van der Waals surface area contributed by atoms with Crippen molar-refractivity contribution in [3.8, 4) is 0 Å². The van der Waals surface area contributed by atoms with E-state index in [0.717, 1.165) is 34.6 Å².